The molecule has 0 aliphatic heterocycles. The van der Waals surface area contributed by atoms with Gasteiger partial charge in [0.15, 0.2) is 5.82 Å². The van der Waals surface area contributed by atoms with Gasteiger partial charge in [0, 0.05) is 6.20 Å². The Morgan fingerprint density at radius 2 is 2.17 bits per heavy atom. The average molecular weight is 268 g/mol. The van der Waals surface area contributed by atoms with E-state index in [2.05, 4.69) is 20.1 Å². The van der Waals surface area contributed by atoms with Crippen molar-refractivity contribution in [3.63, 3.8) is 0 Å². The summed E-state index contributed by atoms with van der Waals surface area (Å²) in [5, 5.41) is 3.96. The second kappa shape index (κ2) is 4.62. The quantitative estimate of drug-likeness (QED) is 0.889. The molecule has 1 fully saturated rings. The van der Waals surface area contributed by atoms with E-state index in [-0.39, 0.29) is 12.4 Å². The van der Waals surface area contributed by atoms with Crippen molar-refractivity contribution >= 4 is 12.4 Å². The van der Waals surface area contributed by atoms with Crippen LogP contribution in [0, 0.1) is 6.92 Å². The molecule has 0 bridgehead atoms. The highest BCUT2D eigenvalue weighted by atomic mass is 35.5. The van der Waals surface area contributed by atoms with Crippen LogP contribution in [0.3, 0.4) is 0 Å². The van der Waals surface area contributed by atoms with Crippen LogP contribution in [0.5, 0.6) is 0 Å². The molecule has 0 aromatic carbocycles. The highest BCUT2D eigenvalue weighted by molar-refractivity contribution is 5.85. The molecule has 0 amide bonds. The summed E-state index contributed by atoms with van der Waals surface area (Å²) in [6, 6.07) is 0. The molecule has 18 heavy (non-hydrogen) atoms. The van der Waals surface area contributed by atoms with Crippen LogP contribution >= 0.6 is 12.4 Å². The Balaban J connectivity index is 0.00000120. The first kappa shape index (κ1) is 12.9. The first-order valence-corrected chi connectivity index (χ1v) is 5.59. The van der Waals surface area contributed by atoms with E-state index < -0.39 is 5.54 Å². The lowest BCUT2D eigenvalue weighted by atomic mass is 9.77. The highest BCUT2D eigenvalue weighted by Crippen LogP contribution is 2.37. The van der Waals surface area contributed by atoms with Crippen molar-refractivity contribution in [1.82, 2.24) is 20.1 Å². The molecule has 2 N–H and O–H groups in total. The third kappa shape index (κ3) is 1.97. The molecule has 0 saturated heterocycles. The number of hydrogen-bond acceptors (Lipinski definition) is 6. The first-order valence-electron chi connectivity index (χ1n) is 5.59. The molecule has 2 aromatic heterocycles. The number of rotatable bonds is 2. The summed E-state index contributed by atoms with van der Waals surface area (Å²) in [4.78, 5) is 12.4. The van der Waals surface area contributed by atoms with Crippen molar-refractivity contribution in [3.05, 3.63) is 24.0 Å². The molecule has 6 nitrogen and oxygen atoms in total. The van der Waals surface area contributed by atoms with E-state index in [1.807, 2.05) is 6.92 Å². The van der Waals surface area contributed by atoms with Gasteiger partial charge in [-0.05, 0) is 26.2 Å². The SMILES string of the molecule is Cc1ncncc1-c1nc(C2(N)CCC2)no1.Cl. The van der Waals surface area contributed by atoms with Crippen LogP contribution in [-0.4, -0.2) is 20.1 Å². The predicted molar refractivity (Wildman–Crippen MR) is 67.0 cm³/mol. The Hall–Kier alpha value is -1.53. The van der Waals surface area contributed by atoms with Crippen LogP contribution in [0.2, 0.25) is 0 Å². The van der Waals surface area contributed by atoms with Crippen molar-refractivity contribution in [3.8, 4) is 11.5 Å². The fourth-order valence-electron chi connectivity index (χ4n) is 1.92. The van der Waals surface area contributed by atoms with Gasteiger partial charge in [0.05, 0.1) is 16.8 Å². The lowest BCUT2D eigenvalue weighted by Gasteiger charge is -2.34. The minimum Gasteiger partial charge on any atom is -0.334 e. The third-order valence-corrected chi connectivity index (χ3v) is 3.26. The van der Waals surface area contributed by atoms with Crippen molar-refractivity contribution < 1.29 is 4.52 Å². The fraction of sp³-hybridized carbons (Fsp3) is 0.455. The van der Waals surface area contributed by atoms with Gasteiger partial charge in [-0.1, -0.05) is 5.16 Å². The van der Waals surface area contributed by atoms with Crippen LogP contribution in [-0.2, 0) is 5.54 Å². The summed E-state index contributed by atoms with van der Waals surface area (Å²) in [5.41, 5.74) is 7.31. The Kier molecular flexibility index (Phi) is 3.32. The molecule has 0 unspecified atom stereocenters. The molecule has 0 spiro atoms. The fourth-order valence-corrected chi connectivity index (χ4v) is 1.92. The van der Waals surface area contributed by atoms with Gasteiger partial charge in [-0.15, -0.1) is 12.4 Å². The highest BCUT2D eigenvalue weighted by Gasteiger charge is 2.39. The van der Waals surface area contributed by atoms with Crippen LogP contribution in [0.4, 0.5) is 0 Å². The molecule has 2 heterocycles. The van der Waals surface area contributed by atoms with Crippen LogP contribution < -0.4 is 5.73 Å². The molecule has 1 aliphatic rings. The largest absolute Gasteiger partial charge is 0.334 e. The lowest BCUT2D eigenvalue weighted by molar-refractivity contribution is 0.229. The maximum absolute atomic E-state index is 6.14. The predicted octanol–water partition coefficient (Wildman–Crippen LogP) is 1.59. The molecule has 0 atom stereocenters. The zero-order chi connectivity index (χ0) is 11.9. The Morgan fingerprint density at radius 3 is 2.78 bits per heavy atom. The Morgan fingerprint density at radius 1 is 1.39 bits per heavy atom. The average Bonchev–Trinajstić information content (AvgIpc) is 2.76. The summed E-state index contributed by atoms with van der Waals surface area (Å²) in [5.74, 6) is 1.02. The summed E-state index contributed by atoms with van der Waals surface area (Å²) in [7, 11) is 0. The second-order valence-electron chi connectivity index (χ2n) is 4.45. The van der Waals surface area contributed by atoms with Crippen LogP contribution in [0.25, 0.3) is 11.5 Å². The van der Waals surface area contributed by atoms with E-state index >= 15 is 0 Å². The van der Waals surface area contributed by atoms with Crippen molar-refractivity contribution in [2.75, 3.05) is 0 Å². The summed E-state index contributed by atoms with van der Waals surface area (Å²) >= 11 is 0. The van der Waals surface area contributed by atoms with E-state index in [4.69, 9.17) is 10.3 Å². The molecular formula is C11H14ClN5O. The van der Waals surface area contributed by atoms with Crippen LogP contribution in [0.15, 0.2) is 17.0 Å². The van der Waals surface area contributed by atoms with Gasteiger partial charge < -0.3 is 10.3 Å². The van der Waals surface area contributed by atoms with E-state index in [0.717, 1.165) is 30.5 Å². The third-order valence-electron chi connectivity index (χ3n) is 3.26. The van der Waals surface area contributed by atoms with Gasteiger partial charge >= 0.3 is 0 Å². The molecule has 7 heteroatoms. The van der Waals surface area contributed by atoms with Gasteiger partial charge in [-0.25, -0.2) is 9.97 Å². The van der Waals surface area contributed by atoms with Crippen LogP contribution in [0.1, 0.15) is 30.8 Å². The number of hydrogen-bond donors (Lipinski definition) is 1. The molecule has 3 rings (SSSR count). The van der Waals surface area contributed by atoms with Gasteiger partial charge in [-0.2, -0.15) is 4.98 Å². The van der Waals surface area contributed by atoms with E-state index in [1.165, 1.54) is 6.33 Å². The van der Waals surface area contributed by atoms with Crippen molar-refractivity contribution in [2.45, 2.75) is 31.7 Å². The molecule has 2 aromatic rings. The van der Waals surface area contributed by atoms with Gasteiger partial charge in [0.2, 0.25) is 0 Å². The second-order valence-corrected chi connectivity index (χ2v) is 4.45. The number of aromatic nitrogens is 4. The van der Waals surface area contributed by atoms with Gasteiger partial charge in [-0.3, -0.25) is 0 Å². The Labute approximate surface area is 110 Å². The molecule has 1 saturated carbocycles. The molecule has 1 aliphatic carbocycles. The zero-order valence-electron chi connectivity index (χ0n) is 9.96. The van der Waals surface area contributed by atoms with E-state index in [1.54, 1.807) is 6.20 Å². The topological polar surface area (TPSA) is 90.7 Å². The minimum absolute atomic E-state index is 0. The molecule has 0 radical (unpaired) electrons. The zero-order valence-corrected chi connectivity index (χ0v) is 10.8. The maximum Gasteiger partial charge on any atom is 0.261 e. The standard InChI is InChI=1S/C11H13N5O.ClH/c1-7-8(5-13-6-14-7)9-15-10(16-17-9)11(12)3-2-4-11;/h5-6H,2-4,12H2,1H3;1H. The smallest absolute Gasteiger partial charge is 0.261 e. The summed E-state index contributed by atoms with van der Waals surface area (Å²) in [6.07, 6.45) is 6.11. The maximum atomic E-state index is 6.14. The van der Waals surface area contributed by atoms with E-state index in [0.29, 0.717) is 11.7 Å². The number of nitrogens with zero attached hydrogens (tertiary/aromatic N) is 4. The number of halogens is 1. The summed E-state index contributed by atoms with van der Waals surface area (Å²) in [6.45, 7) is 1.88. The molecule has 96 valence electrons. The van der Waals surface area contributed by atoms with Gasteiger partial charge in [0.25, 0.3) is 5.89 Å². The lowest BCUT2D eigenvalue weighted by Crippen LogP contribution is -2.44. The summed E-state index contributed by atoms with van der Waals surface area (Å²) < 4.78 is 5.23. The van der Waals surface area contributed by atoms with E-state index in [9.17, 15) is 0 Å². The monoisotopic (exact) mass is 267 g/mol. The number of nitrogens with two attached hydrogens (primary N) is 1. The minimum atomic E-state index is -0.398. The van der Waals surface area contributed by atoms with Crippen molar-refractivity contribution in [1.29, 1.82) is 0 Å². The number of aryl methyl sites for hydroxylation is 1. The first-order chi connectivity index (χ1) is 8.19. The van der Waals surface area contributed by atoms with Gasteiger partial charge in [0.1, 0.15) is 6.33 Å². The Bertz CT molecular complexity index is 552. The molecular weight excluding hydrogens is 254 g/mol. The normalized spacial score (nSPS) is 16.8. The van der Waals surface area contributed by atoms with Crippen molar-refractivity contribution in [2.24, 2.45) is 5.73 Å².